The maximum Gasteiger partial charge on any atom is 0.294 e. The summed E-state index contributed by atoms with van der Waals surface area (Å²) in [6.45, 7) is 1.98. The Bertz CT molecular complexity index is 1040. The molecule has 1 aliphatic heterocycles. The van der Waals surface area contributed by atoms with Crippen LogP contribution in [0.15, 0.2) is 41.3 Å². The summed E-state index contributed by atoms with van der Waals surface area (Å²) >= 11 is 2.90. The maximum absolute atomic E-state index is 12.4. The zero-order chi connectivity index (χ0) is 21.8. The van der Waals surface area contributed by atoms with Gasteiger partial charge < -0.3 is 15.2 Å². The fraction of sp³-hybridized carbons (Fsp3) is 0.190. The summed E-state index contributed by atoms with van der Waals surface area (Å²) in [6.07, 6.45) is 1.58. The molecule has 0 saturated carbocycles. The van der Waals surface area contributed by atoms with Crippen molar-refractivity contribution in [1.29, 1.82) is 0 Å². The van der Waals surface area contributed by atoms with Crippen LogP contribution < -0.4 is 15.2 Å². The van der Waals surface area contributed by atoms with Gasteiger partial charge in [0.1, 0.15) is 13.2 Å². The van der Waals surface area contributed by atoms with Gasteiger partial charge in [-0.15, -0.1) is 0 Å². The molecule has 3 rings (SSSR count). The fourth-order valence-electron chi connectivity index (χ4n) is 2.75. The Hall–Kier alpha value is -2.53. The summed E-state index contributed by atoms with van der Waals surface area (Å²) in [4.78, 5) is 36.5. The molecule has 2 aromatic rings. The Labute approximate surface area is 191 Å². The molecule has 3 amide bonds. The van der Waals surface area contributed by atoms with Crippen molar-refractivity contribution in [2.75, 3.05) is 13.7 Å². The number of aryl methyl sites for hydroxylation is 1. The molecule has 0 radical (unpaired) electrons. The van der Waals surface area contributed by atoms with Crippen LogP contribution in [0.3, 0.4) is 0 Å². The van der Waals surface area contributed by atoms with Gasteiger partial charge in [0.25, 0.3) is 11.1 Å². The molecule has 30 heavy (non-hydrogen) atoms. The van der Waals surface area contributed by atoms with E-state index in [1.807, 2.05) is 37.3 Å². The molecule has 2 aromatic carbocycles. The van der Waals surface area contributed by atoms with E-state index < -0.39 is 23.6 Å². The van der Waals surface area contributed by atoms with Crippen molar-refractivity contribution in [2.24, 2.45) is 5.73 Å². The second kappa shape index (κ2) is 9.52. The standard InChI is InChI=1S/C21H19IN2O5S/c1-12-3-5-13(6-4-12)11-29-19-15(22)7-14(8-16(19)28-2)9-17-20(26)24(10-18(23)25)21(27)30-17/h3-9H,10-11H2,1-2H3,(H2,23,25)/b17-9-. The molecule has 0 unspecified atom stereocenters. The minimum atomic E-state index is -0.746. The number of nitrogens with two attached hydrogens (primary N) is 1. The number of nitrogens with zero attached hydrogens (tertiary/aromatic N) is 1. The number of ether oxygens (including phenoxy) is 2. The molecule has 1 fully saturated rings. The van der Waals surface area contributed by atoms with Crippen molar-refractivity contribution in [3.8, 4) is 11.5 Å². The first-order valence-corrected chi connectivity index (χ1v) is 10.8. The van der Waals surface area contributed by atoms with E-state index in [2.05, 4.69) is 22.6 Å². The number of halogens is 1. The Morgan fingerprint density at radius 3 is 2.57 bits per heavy atom. The molecular formula is C21H19IN2O5S. The van der Waals surface area contributed by atoms with Gasteiger partial charge in [-0.25, -0.2) is 0 Å². The van der Waals surface area contributed by atoms with E-state index >= 15 is 0 Å². The third-order valence-electron chi connectivity index (χ3n) is 4.24. The number of primary amides is 1. The average molecular weight is 538 g/mol. The normalized spacial score (nSPS) is 15.0. The van der Waals surface area contributed by atoms with E-state index in [-0.39, 0.29) is 4.91 Å². The molecule has 156 valence electrons. The van der Waals surface area contributed by atoms with Crippen LogP contribution in [0, 0.1) is 10.5 Å². The molecule has 0 atom stereocenters. The lowest BCUT2D eigenvalue weighted by Gasteiger charge is -2.14. The van der Waals surface area contributed by atoms with Gasteiger partial charge in [0, 0.05) is 0 Å². The van der Waals surface area contributed by atoms with Crippen molar-refractivity contribution in [2.45, 2.75) is 13.5 Å². The Balaban J connectivity index is 1.82. The number of amides is 3. The van der Waals surface area contributed by atoms with Gasteiger partial charge in [-0.3, -0.25) is 19.3 Å². The van der Waals surface area contributed by atoms with E-state index in [4.69, 9.17) is 15.2 Å². The molecule has 0 aliphatic carbocycles. The summed E-state index contributed by atoms with van der Waals surface area (Å²) in [5, 5.41) is -0.523. The first kappa shape index (κ1) is 22.2. The molecule has 0 bridgehead atoms. The monoisotopic (exact) mass is 538 g/mol. The van der Waals surface area contributed by atoms with Gasteiger partial charge in [-0.05, 0) is 70.6 Å². The van der Waals surface area contributed by atoms with Gasteiger partial charge in [0.2, 0.25) is 5.91 Å². The van der Waals surface area contributed by atoms with Crippen LogP contribution in [-0.2, 0) is 16.2 Å². The van der Waals surface area contributed by atoms with Crippen molar-refractivity contribution >= 4 is 57.5 Å². The predicted molar refractivity (Wildman–Crippen MR) is 123 cm³/mol. The van der Waals surface area contributed by atoms with Gasteiger partial charge in [-0.2, -0.15) is 0 Å². The lowest BCUT2D eigenvalue weighted by molar-refractivity contribution is -0.127. The number of thioether (sulfide) groups is 1. The highest BCUT2D eigenvalue weighted by atomic mass is 127. The molecule has 1 heterocycles. The van der Waals surface area contributed by atoms with Crippen molar-refractivity contribution < 1.29 is 23.9 Å². The van der Waals surface area contributed by atoms with Crippen LogP contribution in [0.25, 0.3) is 6.08 Å². The molecular weight excluding hydrogens is 519 g/mol. The Morgan fingerprint density at radius 1 is 1.23 bits per heavy atom. The third kappa shape index (κ3) is 5.14. The van der Waals surface area contributed by atoms with E-state index in [1.54, 1.807) is 12.1 Å². The van der Waals surface area contributed by atoms with E-state index in [0.29, 0.717) is 23.7 Å². The summed E-state index contributed by atoms with van der Waals surface area (Å²) in [6, 6.07) is 11.6. The molecule has 1 saturated heterocycles. The van der Waals surface area contributed by atoms with Gasteiger partial charge in [0.05, 0.1) is 15.6 Å². The summed E-state index contributed by atoms with van der Waals surface area (Å²) < 4.78 is 12.2. The minimum Gasteiger partial charge on any atom is -0.493 e. The van der Waals surface area contributed by atoms with Crippen LogP contribution >= 0.6 is 34.4 Å². The number of rotatable bonds is 7. The number of benzene rings is 2. The Kier molecular flexibility index (Phi) is 7.03. The van der Waals surface area contributed by atoms with Crippen molar-refractivity contribution in [3.05, 3.63) is 61.6 Å². The lowest BCUT2D eigenvalue weighted by atomic mass is 10.1. The third-order valence-corrected chi connectivity index (χ3v) is 5.95. The number of carbonyl (C=O) groups excluding carboxylic acids is 3. The Morgan fingerprint density at radius 2 is 1.93 bits per heavy atom. The molecule has 0 aromatic heterocycles. The van der Waals surface area contributed by atoms with E-state index in [9.17, 15) is 14.4 Å². The second-order valence-corrected chi connectivity index (χ2v) is 8.70. The summed E-state index contributed by atoms with van der Waals surface area (Å²) in [7, 11) is 1.54. The van der Waals surface area contributed by atoms with Crippen molar-refractivity contribution in [1.82, 2.24) is 4.90 Å². The van der Waals surface area contributed by atoms with Gasteiger partial charge >= 0.3 is 0 Å². The largest absolute Gasteiger partial charge is 0.493 e. The summed E-state index contributed by atoms with van der Waals surface area (Å²) in [5.74, 6) is -0.184. The summed E-state index contributed by atoms with van der Waals surface area (Å²) in [5.41, 5.74) is 7.98. The number of methoxy groups -OCH3 is 1. The quantitative estimate of drug-likeness (QED) is 0.427. The van der Waals surface area contributed by atoms with Crippen LogP contribution in [-0.4, -0.2) is 35.6 Å². The highest BCUT2D eigenvalue weighted by Crippen LogP contribution is 2.37. The smallest absolute Gasteiger partial charge is 0.294 e. The number of carbonyl (C=O) groups is 3. The molecule has 2 N–H and O–H groups in total. The number of hydrogen-bond donors (Lipinski definition) is 1. The minimum absolute atomic E-state index is 0.215. The van der Waals surface area contributed by atoms with E-state index in [0.717, 1.165) is 25.8 Å². The van der Waals surface area contributed by atoms with Crippen LogP contribution in [0.4, 0.5) is 4.79 Å². The SMILES string of the molecule is COc1cc(/C=C2\SC(=O)N(CC(N)=O)C2=O)cc(I)c1OCc1ccc(C)cc1. The number of hydrogen-bond acceptors (Lipinski definition) is 6. The van der Waals surface area contributed by atoms with Crippen LogP contribution in [0.1, 0.15) is 16.7 Å². The molecule has 1 aliphatic rings. The lowest BCUT2D eigenvalue weighted by Crippen LogP contribution is -2.36. The highest BCUT2D eigenvalue weighted by molar-refractivity contribution is 14.1. The zero-order valence-corrected chi connectivity index (χ0v) is 19.3. The first-order valence-electron chi connectivity index (χ1n) is 8.88. The fourth-order valence-corrected chi connectivity index (χ4v) is 4.37. The van der Waals surface area contributed by atoms with Crippen molar-refractivity contribution in [3.63, 3.8) is 0 Å². The van der Waals surface area contributed by atoms with Crippen LogP contribution in [0.2, 0.25) is 0 Å². The average Bonchev–Trinajstić information content (AvgIpc) is 2.95. The zero-order valence-electron chi connectivity index (χ0n) is 16.3. The molecule has 9 heteroatoms. The highest BCUT2D eigenvalue weighted by Gasteiger charge is 2.35. The maximum atomic E-state index is 12.4. The van der Waals surface area contributed by atoms with E-state index in [1.165, 1.54) is 12.7 Å². The van der Waals surface area contributed by atoms with Crippen LogP contribution in [0.5, 0.6) is 11.5 Å². The second-order valence-electron chi connectivity index (χ2n) is 6.54. The van der Waals surface area contributed by atoms with Gasteiger partial charge in [0.15, 0.2) is 11.5 Å². The molecule has 7 nitrogen and oxygen atoms in total. The predicted octanol–water partition coefficient (Wildman–Crippen LogP) is 3.71. The topological polar surface area (TPSA) is 98.9 Å². The van der Waals surface area contributed by atoms with Gasteiger partial charge in [-0.1, -0.05) is 29.8 Å². The first-order chi connectivity index (χ1) is 14.3. The number of imide groups is 1. The molecule has 0 spiro atoms.